The van der Waals surface area contributed by atoms with Gasteiger partial charge >= 0.3 is 0 Å². The van der Waals surface area contributed by atoms with Crippen molar-refractivity contribution < 1.29 is 10.4 Å². The monoisotopic (exact) mass is 420 g/mol. The molecular weight excluding hydrogens is 389 g/mol. The molecule has 0 aromatic heterocycles. The van der Waals surface area contributed by atoms with Crippen LogP contribution in [0.5, 0.6) is 0 Å². The summed E-state index contributed by atoms with van der Waals surface area (Å²) in [7, 11) is 0. The quantitative estimate of drug-likeness (QED) is 0.595. The van der Waals surface area contributed by atoms with E-state index < -0.39 is 5.60 Å². The third kappa shape index (κ3) is 4.26. The van der Waals surface area contributed by atoms with Crippen molar-refractivity contribution in [2.75, 3.05) is 0 Å². The van der Waals surface area contributed by atoms with Gasteiger partial charge in [0, 0.05) is 33.0 Å². The number of hydrogen-bond donors (Lipinski definition) is 2. The van der Waals surface area contributed by atoms with E-state index in [4.69, 9.17) is 23.2 Å². The first kappa shape index (κ1) is 21.6. The Kier molecular flexibility index (Phi) is 7.09. The molecule has 1 saturated heterocycles. The van der Waals surface area contributed by atoms with Crippen molar-refractivity contribution in [1.29, 1.82) is 0 Å². The molecule has 4 heteroatoms. The highest BCUT2D eigenvalue weighted by Gasteiger charge is 2.54. The maximum atomic E-state index is 12.0. The topological polar surface area (TPSA) is 36.8 Å². The predicted molar refractivity (Wildman–Crippen MR) is 118 cm³/mol. The van der Waals surface area contributed by atoms with Crippen LogP contribution in [0.15, 0.2) is 48.5 Å². The van der Waals surface area contributed by atoms with E-state index in [0.29, 0.717) is 0 Å². The lowest BCUT2D eigenvalue weighted by Crippen LogP contribution is -2.93. The molecule has 1 aliphatic heterocycles. The van der Waals surface area contributed by atoms with E-state index in [0.717, 1.165) is 35.7 Å². The van der Waals surface area contributed by atoms with Gasteiger partial charge in [-0.15, -0.1) is 0 Å². The first-order valence-corrected chi connectivity index (χ1v) is 11.2. The normalized spacial score (nSPS) is 30.4. The number of rotatable bonds is 6. The van der Waals surface area contributed by atoms with Crippen LogP contribution in [0.2, 0.25) is 10.0 Å². The molecule has 3 rings (SSSR count). The second-order valence-electron chi connectivity index (χ2n) is 8.27. The molecule has 0 amide bonds. The Morgan fingerprint density at radius 3 is 1.82 bits per heavy atom. The van der Waals surface area contributed by atoms with Crippen LogP contribution in [0, 0.1) is 11.8 Å². The van der Waals surface area contributed by atoms with E-state index >= 15 is 0 Å². The Morgan fingerprint density at radius 2 is 1.36 bits per heavy atom. The lowest BCUT2D eigenvalue weighted by atomic mass is 9.62. The molecule has 0 unspecified atom stereocenters. The van der Waals surface area contributed by atoms with Gasteiger partial charge in [0.05, 0.1) is 5.60 Å². The lowest BCUT2D eigenvalue weighted by Gasteiger charge is -2.51. The van der Waals surface area contributed by atoms with Gasteiger partial charge in [-0.3, -0.25) is 0 Å². The van der Waals surface area contributed by atoms with Crippen LogP contribution in [0.25, 0.3) is 0 Å². The summed E-state index contributed by atoms with van der Waals surface area (Å²) in [6.45, 7) is 6.59. The summed E-state index contributed by atoms with van der Waals surface area (Å²) in [6, 6.07) is 16.6. The molecule has 2 aromatic carbocycles. The van der Waals surface area contributed by atoms with E-state index in [9.17, 15) is 5.11 Å². The van der Waals surface area contributed by atoms with Crippen molar-refractivity contribution in [2.45, 2.75) is 64.1 Å². The minimum Gasteiger partial charge on any atom is -0.389 e. The standard InChI is InChI=1S/C24H31Cl2NO/c1-4-6-21-23(18-9-13-20(26)14-10-18)27-22(16(3)24(21,28)15-5-2)17-7-11-19(25)12-8-17/h7-14,16,21-23,27-28H,4-6,15H2,1-3H3/p+1/t16-,21+,22-,23+,24+/m0/s1. The number of hydrogen-bond acceptors (Lipinski definition) is 1. The van der Waals surface area contributed by atoms with Crippen molar-refractivity contribution >= 4 is 23.2 Å². The summed E-state index contributed by atoms with van der Waals surface area (Å²) in [5, 5.41) is 16.0. The molecule has 3 N–H and O–H groups in total. The van der Waals surface area contributed by atoms with E-state index in [1.807, 2.05) is 24.3 Å². The Balaban J connectivity index is 2.06. The molecule has 5 atom stereocenters. The summed E-state index contributed by atoms with van der Waals surface area (Å²) in [4.78, 5) is 0. The van der Waals surface area contributed by atoms with Crippen molar-refractivity contribution in [2.24, 2.45) is 11.8 Å². The summed E-state index contributed by atoms with van der Waals surface area (Å²) in [5.41, 5.74) is 1.76. The lowest BCUT2D eigenvalue weighted by molar-refractivity contribution is -0.765. The van der Waals surface area contributed by atoms with Crippen LogP contribution in [-0.4, -0.2) is 10.7 Å². The average Bonchev–Trinajstić information content (AvgIpc) is 2.68. The Bertz CT molecular complexity index is 761. The first-order chi connectivity index (χ1) is 13.4. The van der Waals surface area contributed by atoms with Crippen LogP contribution in [-0.2, 0) is 0 Å². The summed E-state index contributed by atoms with van der Waals surface area (Å²) < 4.78 is 0. The van der Waals surface area contributed by atoms with E-state index in [1.54, 1.807) is 0 Å². The average molecular weight is 421 g/mol. The van der Waals surface area contributed by atoms with Crippen molar-refractivity contribution in [3.05, 3.63) is 69.7 Å². The van der Waals surface area contributed by atoms with E-state index in [2.05, 4.69) is 50.4 Å². The fraction of sp³-hybridized carbons (Fsp3) is 0.500. The van der Waals surface area contributed by atoms with Crippen LogP contribution >= 0.6 is 23.2 Å². The predicted octanol–water partition coefficient (Wildman–Crippen LogP) is 5.94. The van der Waals surface area contributed by atoms with Gasteiger partial charge in [0.15, 0.2) is 0 Å². The molecule has 2 aromatic rings. The highest BCUT2D eigenvalue weighted by atomic mass is 35.5. The number of halogens is 2. The van der Waals surface area contributed by atoms with E-state index in [-0.39, 0.29) is 23.9 Å². The Morgan fingerprint density at radius 1 is 0.857 bits per heavy atom. The molecule has 152 valence electrons. The fourth-order valence-electron chi connectivity index (χ4n) is 5.15. The number of benzene rings is 2. The van der Waals surface area contributed by atoms with Gasteiger partial charge in [-0.05, 0) is 37.1 Å². The van der Waals surface area contributed by atoms with Crippen molar-refractivity contribution in [3.8, 4) is 0 Å². The summed E-state index contributed by atoms with van der Waals surface area (Å²) in [5.74, 6) is 0.353. The zero-order valence-electron chi connectivity index (χ0n) is 17.0. The van der Waals surface area contributed by atoms with Crippen molar-refractivity contribution in [3.63, 3.8) is 0 Å². The Hall–Kier alpha value is -1.06. The third-order valence-corrected chi connectivity index (χ3v) is 7.08. The zero-order valence-corrected chi connectivity index (χ0v) is 18.5. The minimum absolute atomic E-state index is 0.147. The van der Waals surface area contributed by atoms with E-state index in [1.165, 1.54) is 11.1 Å². The third-order valence-electron chi connectivity index (χ3n) is 6.58. The zero-order chi connectivity index (χ0) is 20.3. The second kappa shape index (κ2) is 9.17. The largest absolute Gasteiger partial charge is 0.389 e. The molecule has 1 fully saturated rings. The highest BCUT2D eigenvalue weighted by molar-refractivity contribution is 6.30. The second-order valence-corrected chi connectivity index (χ2v) is 9.15. The fourth-order valence-corrected chi connectivity index (χ4v) is 5.40. The molecule has 2 nitrogen and oxygen atoms in total. The molecule has 0 bridgehead atoms. The number of quaternary nitrogens is 1. The Labute approximate surface area is 179 Å². The van der Waals surface area contributed by atoms with Gasteiger partial charge in [-0.2, -0.15) is 0 Å². The number of piperidine rings is 1. The molecule has 0 spiro atoms. The molecule has 0 radical (unpaired) electrons. The maximum absolute atomic E-state index is 12.0. The minimum atomic E-state index is -0.700. The highest BCUT2D eigenvalue weighted by Crippen LogP contribution is 2.47. The molecule has 1 heterocycles. The van der Waals surface area contributed by atoms with Gasteiger partial charge in [-0.25, -0.2) is 0 Å². The number of aliphatic hydroxyl groups is 1. The van der Waals surface area contributed by atoms with Gasteiger partial charge in [0.1, 0.15) is 12.1 Å². The van der Waals surface area contributed by atoms with Gasteiger partial charge in [0.2, 0.25) is 0 Å². The molecule has 28 heavy (non-hydrogen) atoms. The smallest absolute Gasteiger partial charge is 0.118 e. The number of nitrogens with two attached hydrogens (primary N) is 1. The SMILES string of the molecule is CCC[C@@H]1[C@@H](c2ccc(Cl)cc2)[NH2+][C@H](c2ccc(Cl)cc2)[C@H](C)[C@]1(O)CCC. The first-order valence-electron chi connectivity index (χ1n) is 10.5. The van der Waals surface area contributed by atoms with Gasteiger partial charge in [0.25, 0.3) is 0 Å². The van der Waals surface area contributed by atoms with Crippen LogP contribution in [0.1, 0.15) is 69.7 Å². The van der Waals surface area contributed by atoms with Crippen LogP contribution < -0.4 is 5.32 Å². The summed E-state index contributed by atoms with van der Waals surface area (Å²) >= 11 is 12.3. The van der Waals surface area contributed by atoms with Gasteiger partial charge < -0.3 is 10.4 Å². The maximum Gasteiger partial charge on any atom is 0.118 e. The van der Waals surface area contributed by atoms with Crippen molar-refractivity contribution in [1.82, 2.24) is 0 Å². The van der Waals surface area contributed by atoms with Crippen LogP contribution in [0.4, 0.5) is 0 Å². The molecular formula is C24H32Cl2NO+. The van der Waals surface area contributed by atoms with Gasteiger partial charge in [-0.1, -0.05) is 81.1 Å². The van der Waals surface area contributed by atoms with Crippen LogP contribution in [0.3, 0.4) is 0 Å². The summed E-state index contributed by atoms with van der Waals surface area (Å²) in [6.07, 6.45) is 3.87. The molecule has 1 aliphatic rings. The molecule has 0 aliphatic carbocycles. The molecule has 0 saturated carbocycles.